The zero-order chi connectivity index (χ0) is 17.6. The van der Waals surface area contributed by atoms with Crippen LogP contribution in [-0.4, -0.2) is 24.4 Å². The second kappa shape index (κ2) is 6.11. The Labute approximate surface area is 149 Å². The molecule has 25 heavy (non-hydrogen) atoms. The molecule has 4 rings (SSSR count). The highest BCUT2D eigenvalue weighted by Crippen LogP contribution is 2.53. The first-order chi connectivity index (χ1) is 12.0. The van der Waals surface area contributed by atoms with Crippen molar-refractivity contribution in [1.29, 1.82) is 0 Å². The van der Waals surface area contributed by atoms with Gasteiger partial charge in [-0.2, -0.15) is 0 Å². The van der Waals surface area contributed by atoms with Crippen LogP contribution in [0.1, 0.15) is 12.5 Å². The molecule has 6 heteroatoms. The van der Waals surface area contributed by atoms with Gasteiger partial charge in [0, 0.05) is 23.6 Å². The number of rotatable bonds is 2. The third-order valence-electron chi connectivity index (χ3n) is 5.06. The molecule has 1 fully saturated rings. The Morgan fingerprint density at radius 2 is 2.00 bits per heavy atom. The molecule has 130 valence electrons. The van der Waals surface area contributed by atoms with Crippen molar-refractivity contribution in [3.05, 3.63) is 59.7 Å². The molecule has 2 heterocycles. The Kier molecular flexibility index (Phi) is 4.04. The van der Waals surface area contributed by atoms with Crippen molar-refractivity contribution in [3.63, 3.8) is 0 Å². The van der Waals surface area contributed by atoms with Crippen molar-refractivity contribution in [2.75, 3.05) is 13.2 Å². The van der Waals surface area contributed by atoms with Crippen LogP contribution in [0.25, 0.3) is 11.1 Å². The molecule has 0 saturated carbocycles. The standard InChI is InChI=1S/C19H18F2N2OS/c1-11-15-9-23-18(22)25-19(15,10-24-11)14-8-12(6-7-17(14)21)13-4-2-3-5-16(13)20/h2-8,11,15H,9-10H2,1H3,(H2,22,23)/t11-,15+,19-/m1/s1. The van der Waals surface area contributed by atoms with Gasteiger partial charge in [-0.15, -0.1) is 0 Å². The minimum absolute atomic E-state index is 0.0233. The monoisotopic (exact) mass is 360 g/mol. The first-order valence-electron chi connectivity index (χ1n) is 8.17. The van der Waals surface area contributed by atoms with E-state index in [9.17, 15) is 8.78 Å². The number of nitrogens with zero attached hydrogens (tertiary/aromatic N) is 1. The van der Waals surface area contributed by atoms with Crippen LogP contribution in [0, 0.1) is 17.6 Å². The fourth-order valence-corrected chi connectivity index (χ4v) is 5.03. The van der Waals surface area contributed by atoms with Gasteiger partial charge >= 0.3 is 0 Å². The van der Waals surface area contributed by atoms with Crippen molar-refractivity contribution >= 4 is 16.9 Å². The second-order valence-electron chi connectivity index (χ2n) is 6.47. The number of benzene rings is 2. The number of halogens is 2. The maximum Gasteiger partial charge on any atom is 0.154 e. The number of hydrogen-bond acceptors (Lipinski definition) is 4. The van der Waals surface area contributed by atoms with E-state index in [-0.39, 0.29) is 23.7 Å². The minimum atomic E-state index is -0.628. The van der Waals surface area contributed by atoms with E-state index in [0.717, 1.165) is 0 Å². The van der Waals surface area contributed by atoms with Crippen LogP contribution in [0.5, 0.6) is 0 Å². The molecule has 0 radical (unpaired) electrons. The molecule has 0 aliphatic carbocycles. The predicted molar refractivity (Wildman–Crippen MR) is 96.5 cm³/mol. The molecule has 2 aromatic rings. The summed E-state index contributed by atoms with van der Waals surface area (Å²) in [5, 5.41) is 0.435. The lowest BCUT2D eigenvalue weighted by Crippen LogP contribution is -2.41. The molecule has 2 aromatic carbocycles. The number of hydrogen-bond donors (Lipinski definition) is 1. The van der Waals surface area contributed by atoms with Gasteiger partial charge in [0.15, 0.2) is 5.17 Å². The van der Waals surface area contributed by atoms with Crippen molar-refractivity contribution in [2.45, 2.75) is 17.8 Å². The maximum atomic E-state index is 14.8. The third-order valence-corrected chi connectivity index (χ3v) is 6.41. The highest BCUT2D eigenvalue weighted by atomic mass is 32.2. The van der Waals surface area contributed by atoms with Crippen LogP contribution in [0.3, 0.4) is 0 Å². The van der Waals surface area contributed by atoms with Crippen LogP contribution >= 0.6 is 11.8 Å². The molecule has 0 spiro atoms. The minimum Gasteiger partial charge on any atom is -0.379 e. The Morgan fingerprint density at radius 1 is 1.20 bits per heavy atom. The smallest absolute Gasteiger partial charge is 0.154 e. The molecule has 2 N–H and O–H groups in total. The number of ether oxygens (including phenoxy) is 1. The van der Waals surface area contributed by atoms with E-state index in [4.69, 9.17) is 10.5 Å². The molecule has 0 aromatic heterocycles. The van der Waals surface area contributed by atoms with Gasteiger partial charge < -0.3 is 10.5 Å². The average Bonchev–Trinajstić information content (AvgIpc) is 2.93. The zero-order valence-corrected chi connectivity index (χ0v) is 14.5. The molecule has 3 nitrogen and oxygen atoms in total. The Hall–Kier alpha value is -1.92. The van der Waals surface area contributed by atoms with E-state index < -0.39 is 4.75 Å². The lowest BCUT2D eigenvalue weighted by Gasteiger charge is -2.37. The SMILES string of the molecule is C[C@H]1OC[C@]2(c3cc(-c4ccccc4F)ccc3F)SC(N)=NC[C@@H]12. The van der Waals surface area contributed by atoms with Crippen molar-refractivity contribution < 1.29 is 13.5 Å². The number of amidine groups is 1. The summed E-state index contributed by atoms with van der Waals surface area (Å²) in [6.07, 6.45) is -0.0409. The lowest BCUT2D eigenvalue weighted by molar-refractivity contribution is 0.107. The van der Waals surface area contributed by atoms with Crippen molar-refractivity contribution in [3.8, 4) is 11.1 Å². The largest absolute Gasteiger partial charge is 0.379 e. The molecule has 0 bridgehead atoms. The van der Waals surface area contributed by atoms with Gasteiger partial charge in [0.2, 0.25) is 0 Å². The molecule has 2 aliphatic rings. The summed E-state index contributed by atoms with van der Waals surface area (Å²) in [5.74, 6) is -0.636. The average molecular weight is 360 g/mol. The summed E-state index contributed by atoms with van der Waals surface area (Å²) in [4.78, 5) is 4.31. The molecule has 1 saturated heterocycles. The lowest BCUT2D eigenvalue weighted by atomic mass is 9.83. The zero-order valence-electron chi connectivity index (χ0n) is 13.7. The van der Waals surface area contributed by atoms with Crippen molar-refractivity contribution in [2.24, 2.45) is 16.6 Å². The normalized spacial score (nSPS) is 28.5. The van der Waals surface area contributed by atoms with E-state index in [1.54, 1.807) is 30.3 Å². The van der Waals surface area contributed by atoms with Gasteiger partial charge in [-0.1, -0.05) is 36.0 Å². The molecular weight excluding hydrogens is 342 g/mol. The number of nitrogens with two attached hydrogens (primary N) is 1. The van der Waals surface area contributed by atoms with Crippen LogP contribution in [0.2, 0.25) is 0 Å². The first-order valence-corrected chi connectivity index (χ1v) is 8.98. The van der Waals surface area contributed by atoms with Gasteiger partial charge in [-0.3, -0.25) is 4.99 Å². The van der Waals surface area contributed by atoms with Crippen LogP contribution in [0.4, 0.5) is 8.78 Å². The van der Waals surface area contributed by atoms with Crippen molar-refractivity contribution in [1.82, 2.24) is 0 Å². The summed E-state index contributed by atoms with van der Waals surface area (Å²) >= 11 is 1.35. The Bertz CT molecular complexity index is 857. The fraction of sp³-hybridized carbons (Fsp3) is 0.316. The molecule has 2 aliphatic heterocycles. The highest BCUT2D eigenvalue weighted by Gasteiger charge is 2.53. The summed E-state index contributed by atoms with van der Waals surface area (Å²) in [5.41, 5.74) is 7.55. The number of aliphatic imine (C=N–C) groups is 1. The van der Waals surface area contributed by atoms with Crippen LogP contribution in [-0.2, 0) is 9.48 Å². The van der Waals surface area contributed by atoms with E-state index >= 15 is 0 Å². The summed E-state index contributed by atoms with van der Waals surface area (Å²) in [6.45, 7) is 2.84. The molecule has 3 atom stereocenters. The molecular formula is C19H18F2N2OS. The van der Waals surface area contributed by atoms with E-state index in [2.05, 4.69) is 4.99 Å². The Morgan fingerprint density at radius 3 is 2.80 bits per heavy atom. The summed E-state index contributed by atoms with van der Waals surface area (Å²) < 4.78 is 34.2. The summed E-state index contributed by atoms with van der Waals surface area (Å²) in [6, 6.07) is 11.2. The van der Waals surface area contributed by atoms with Gasteiger partial charge in [0.05, 0.1) is 17.5 Å². The predicted octanol–water partition coefficient (Wildman–Crippen LogP) is 3.92. The second-order valence-corrected chi connectivity index (χ2v) is 7.82. The topological polar surface area (TPSA) is 47.6 Å². The van der Waals surface area contributed by atoms with Crippen LogP contribution < -0.4 is 5.73 Å². The van der Waals surface area contributed by atoms with E-state index in [1.165, 1.54) is 23.9 Å². The fourth-order valence-electron chi connectivity index (χ4n) is 3.71. The maximum absolute atomic E-state index is 14.8. The quantitative estimate of drug-likeness (QED) is 0.883. The van der Waals surface area contributed by atoms with Gasteiger partial charge in [-0.25, -0.2) is 8.78 Å². The van der Waals surface area contributed by atoms with Gasteiger partial charge in [-0.05, 0) is 30.7 Å². The van der Waals surface area contributed by atoms with Gasteiger partial charge in [0.25, 0.3) is 0 Å². The Balaban J connectivity index is 1.86. The van der Waals surface area contributed by atoms with Crippen LogP contribution in [0.15, 0.2) is 47.5 Å². The first kappa shape index (κ1) is 16.5. The summed E-state index contributed by atoms with van der Waals surface area (Å²) in [7, 11) is 0. The number of fused-ring (bicyclic) bond motifs is 1. The highest BCUT2D eigenvalue weighted by molar-refractivity contribution is 8.14. The van der Waals surface area contributed by atoms with E-state index in [1.807, 2.05) is 6.92 Å². The molecule has 0 amide bonds. The molecule has 0 unspecified atom stereocenters. The number of thioether (sulfide) groups is 1. The third kappa shape index (κ3) is 2.64. The van der Waals surface area contributed by atoms with E-state index in [0.29, 0.717) is 35.0 Å². The van der Waals surface area contributed by atoms with Gasteiger partial charge in [0.1, 0.15) is 11.6 Å².